The molecule has 0 aliphatic rings. The summed E-state index contributed by atoms with van der Waals surface area (Å²) in [5, 5.41) is 0. The van der Waals surface area contributed by atoms with Gasteiger partial charge in [-0.15, -0.1) is 0 Å². The van der Waals surface area contributed by atoms with E-state index in [1.54, 1.807) is 6.92 Å². The lowest BCUT2D eigenvalue weighted by molar-refractivity contribution is -0.118. The van der Waals surface area contributed by atoms with Crippen molar-refractivity contribution < 1.29 is 23.5 Å². The smallest absolute Gasteiger partial charge is 0.329 e. The molecule has 0 aliphatic carbocycles. The first kappa shape index (κ1) is 36.9. The van der Waals surface area contributed by atoms with Gasteiger partial charge in [0.15, 0.2) is 0 Å². The minimum Gasteiger partial charge on any atom is -0.381 e. The van der Waals surface area contributed by atoms with Gasteiger partial charge in [-0.05, 0) is 27.4 Å². The second-order valence-corrected chi connectivity index (χ2v) is 12.0. The second-order valence-electron chi connectivity index (χ2n) is 11.0. The van der Waals surface area contributed by atoms with Crippen molar-refractivity contribution in [2.24, 2.45) is 5.92 Å². The van der Waals surface area contributed by atoms with Crippen LogP contribution in [-0.4, -0.2) is 62.6 Å². The summed E-state index contributed by atoms with van der Waals surface area (Å²) in [6, 6.07) is 0. The lowest BCUT2D eigenvalue weighted by Gasteiger charge is -2.18. The van der Waals surface area contributed by atoms with Crippen LogP contribution < -0.4 is 0 Å². The Bertz CT molecular complexity index is 481. The molecule has 0 aromatic heterocycles. The zero-order chi connectivity index (χ0) is 27.4. The Kier molecular flexibility index (Phi) is 28.8. The SMILES string of the molecule is CCCCCCCCCCCCCCCCCCCCOCC(COP(O)OCCN(C)C)CC(C)=O. The highest BCUT2D eigenvalue weighted by molar-refractivity contribution is 7.40. The third-order valence-electron chi connectivity index (χ3n) is 6.73. The van der Waals surface area contributed by atoms with Crippen molar-refractivity contribution in [3.05, 3.63) is 0 Å². The molecule has 7 heteroatoms. The Hall–Kier alpha value is -0.100. The van der Waals surface area contributed by atoms with Crippen LogP contribution in [0.25, 0.3) is 0 Å². The number of carbonyl (C=O) groups excluding carboxylic acids is 1. The average molecular weight is 548 g/mol. The summed E-state index contributed by atoms with van der Waals surface area (Å²) < 4.78 is 16.5. The largest absolute Gasteiger partial charge is 0.381 e. The Labute approximate surface area is 231 Å². The molecule has 0 aromatic rings. The van der Waals surface area contributed by atoms with Crippen molar-refractivity contribution >= 4 is 14.4 Å². The molecule has 0 spiro atoms. The van der Waals surface area contributed by atoms with Gasteiger partial charge in [0.1, 0.15) is 5.78 Å². The number of hydrogen-bond acceptors (Lipinski definition) is 6. The molecule has 2 atom stereocenters. The molecular formula is C30H62NO5P. The number of rotatable bonds is 30. The second kappa shape index (κ2) is 28.9. The molecule has 6 nitrogen and oxygen atoms in total. The quantitative estimate of drug-likeness (QED) is 0.0719. The van der Waals surface area contributed by atoms with Crippen molar-refractivity contribution in [2.75, 3.05) is 47.1 Å². The molecule has 0 saturated heterocycles. The van der Waals surface area contributed by atoms with Crippen LogP contribution in [0.1, 0.15) is 136 Å². The normalized spacial score (nSPS) is 13.4. The molecule has 0 radical (unpaired) electrons. The molecule has 222 valence electrons. The fourth-order valence-corrected chi connectivity index (χ4v) is 5.09. The van der Waals surface area contributed by atoms with E-state index in [2.05, 4.69) is 6.92 Å². The number of ether oxygens (including phenoxy) is 1. The monoisotopic (exact) mass is 547 g/mol. The van der Waals surface area contributed by atoms with E-state index in [-0.39, 0.29) is 18.3 Å². The first-order valence-corrected chi connectivity index (χ1v) is 16.6. The molecule has 2 unspecified atom stereocenters. The lowest BCUT2D eigenvalue weighted by atomic mass is 10.0. The maximum atomic E-state index is 11.5. The van der Waals surface area contributed by atoms with E-state index in [0.29, 0.717) is 19.6 Å². The summed E-state index contributed by atoms with van der Waals surface area (Å²) >= 11 is 0. The van der Waals surface area contributed by atoms with Crippen molar-refractivity contribution in [3.63, 3.8) is 0 Å². The van der Waals surface area contributed by atoms with Gasteiger partial charge >= 0.3 is 8.60 Å². The predicted octanol–water partition coefficient (Wildman–Crippen LogP) is 8.45. The van der Waals surface area contributed by atoms with Crippen molar-refractivity contribution in [3.8, 4) is 0 Å². The van der Waals surface area contributed by atoms with Crippen LogP contribution >= 0.6 is 8.60 Å². The molecule has 0 aromatic carbocycles. The number of carbonyl (C=O) groups is 1. The number of ketones is 1. The zero-order valence-corrected chi connectivity index (χ0v) is 25.9. The molecule has 1 N–H and O–H groups in total. The summed E-state index contributed by atoms with van der Waals surface area (Å²) in [7, 11) is 1.99. The van der Waals surface area contributed by atoms with E-state index in [1.807, 2.05) is 19.0 Å². The summed E-state index contributed by atoms with van der Waals surface area (Å²) in [6.45, 7) is 6.50. The number of nitrogens with zero attached hydrogens (tertiary/aromatic N) is 1. The average Bonchev–Trinajstić information content (AvgIpc) is 2.85. The van der Waals surface area contributed by atoms with Crippen LogP contribution in [0.3, 0.4) is 0 Å². The van der Waals surface area contributed by atoms with Gasteiger partial charge in [-0.3, -0.25) is 0 Å². The van der Waals surface area contributed by atoms with Gasteiger partial charge in [0.05, 0.1) is 19.8 Å². The number of hydrogen-bond donors (Lipinski definition) is 1. The van der Waals surface area contributed by atoms with Crippen molar-refractivity contribution in [1.82, 2.24) is 4.90 Å². The molecule has 0 bridgehead atoms. The van der Waals surface area contributed by atoms with Crippen molar-refractivity contribution in [1.29, 1.82) is 0 Å². The lowest BCUT2D eigenvalue weighted by Crippen LogP contribution is -2.20. The first-order chi connectivity index (χ1) is 18.0. The van der Waals surface area contributed by atoms with Gasteiger partial charge < -0.3 is 28.4 Å². The van der Waals surface area contributed by atoms with Gasteiger partial charge in [-0.25, -0.2) is 0 Å². The Morgan fingerprint density at radius 3 is 1.59 bits per heavy atom. The summed E-state index contributed by atoms with van der Waals surface area (Å²) in [5.41, 5.74) is 0. The fourth-order valence-electron chi connectivity index (χ4n) is 4.44. The predicted molar refractivity (Wildman–Crippen MR) is 158 cm³/mol. The van der Waals surface area contributed by atoms with Gasteiger partial charge in [0, 0.05) is 25.5 Å². The minimum atomic E-state index is -1.90. The Morgan fingerprint density at radius 1 is 0.703 bits per heavy atom. The number of Topliss-reactive ketones (excluding diaryl/α,β-unsaturated/α-hetero) is 1. The fraction of sp³-hybridized carbons (Fsp3) is 0.967. The summed E-state index contributed by atoms with van der Waals surface area (Å²) in [4.78, 5) is 23.4. The number of likely N-dealkylation sites (N-methyl/N-ethyl adjacent to an activating group) is 1. The molecule has 0 aliphatic heterocycles. The van der Waals surface area contributed by atoms with E-state index < -0.39 is 8.60 Å². The molecule has 37 heavy (non-hydrogen) atoms. The molecule has 0 fully saturated rings. The van der Waals surface area contributed by atoms with E-state index >= 15 is 0 Å². The maximum Gasteiger partial charge on any atom is 0.329 e. The Balaban J connectivity index is 3.49. The minimum absolute atomic E-state index is 0.0392. The maximum absolute atomic E-state index is 11.5. The van der Waals surface area contributed by atoms with Gasteiger partial charge in [0.2, 0.25) is 0 Å². The Morgan fingerprint density at radius 2 is 1.16 bits per heavy atom. The third kappa shape index (κ3) is 30.3. The highest BCUT2D eigenvalue weighted by atomic mass is 31.2. The number of unbranched alkanes of at least 4 members (excludes halogenated alkanes) is 17. The molecular weight excluding hydrogens is 485 g/mol. The highest BCUT2D eigenvalue weighted by Gasteiger charge is 2.16. The van der Waals surface area contributed by atoms with Crippen LogP contribution in [0.5, 0.6) is 0 Å². The van der Waals surface area contributed by atoms with E-state index in [9.17, 15) is 9.69 Å². The third-order valence-corrected chi connectivity index (χ3v) is 7.51. The van der Waals surface area contributed by atoms with Gasteiger partial charge in [-0.2, -0.15) is 0 Å². The zero-order valence-electron chi connectivity index (χ0n) is 25.0. The van der Waals surface area contributed by atoms with Gasteiger partial charge in [0.25, 0.3) is 0 Å². The van der Waals surface area contributed by atoms with E-state index in [0.717, 1.165) is 19.6 Å². The van der Waals surface area contributed by atoms with E-state index in [4.69, 9.17) is 13.8 Å². The summed E-state index contributed by atoms with van der Waals surface area (Å²) in [5.74, 6) is 0.0730. The molecule has 0 rings (SSSR count). The standard InChI is InChI=1S/C30H62NO5P/c1-5-6-7-8-9-10-11-12-13-14-15-16-17-18-19-20-21-22-24-34-27-30(26-29(2)32)28-36-37(33)35-25-23-31(3)4/h30,33H,5-28H2,1-4H3. The topological polar surface area (TPSA) is 68.2 Å². The van der Waals surface area contributed by atoms with Crippen molar-refractivity contribution in [2.45, 2.75) is 136 Å². The molecule has 0 saturated carbocycles. The molecule has 0 heterocycles. The van der Waals surface area contributed by atoms with Crippen LogP contribution in [0.4, 0.5) is 0 Å². The summed E-state index contributed by atoms with van der Waals surface area (Å²) in [6.07, 6.45) is 25.1. The van der Waals surface area contributed by atoms with Crippen LogP contribution in [-0.2, 0) is 18.6 Å². The molecule has 0 amide bonds. The van der Waals surface area contributed by atoms with E-state index in [1.165, 1.54) is 109 Å². The van der Waals surface area contributed by atoms with Gasteiger partial charge in [-0.1, -0.05) is 116 Å². The highest BCUT2D eigenvalue weighted by Crippen LogP contribution is 2.33. The first-order valence-electron chi connectivity index (χ1n) is 15.4. The van der Waals surface area contributed by atoms with Crippen LogP contribution in [0, 0.1) is 5.92 Å². The van der Waals surface area contributed by atoms with Crippen LogP contribution in [0.15, 0.2) is 0 Å². The van der Waals surface area contributed by atoms with Crippen LogP contribution in [0.2, 0.25) is 0 Å².